The van der Waals surface area contributed by atoms with Crippen molar-refractivity contribution < 1.29 is 18.9 Å². The highest BCUT2D eigenvalue weighted by Gasteiger charge is 2.09. The van der Waals surface area contributed by atoms with E-state index >= 15 is 0 Å². The van der Waals surface area contributed by atoms with Crippen molar-refractivity contribution in [1.29, 1.82) is 0 Å². The Hall–Kier alpha value is -2.36. The van der Waals surface area contributed by atoms with Crippen LogP contribution in [0.3, 0.4) is 0 Å². The Morgan fingerprint density at radius 1 is 0.867 bits per heavy atom. The highest BCUT2D eigenvalue weighted by molar-refractivity contribution is 14.0. The van der Waals surface area contributed by atoms with E-state index in [0.717, 1.165) is 48.1 Å². The van der Waals surface area contributed by atoms with Gasteiger partial charge in [0.05, 0.1) is 35.0 Å². The van der Waals surface area contributed by atoms with Crippen molar-refractivity contribution >= 4 is 29.9 Å². The van der Waals surface area contributed by atoms with Gasteiger partial charge in [0.25, 0.3) is 0 Å². The molecule has 0 aromatic heterocycles. The highest BCUT2D eigenvalue weighted by atomic mass is 127. The van der Waals surface area contributed by atoms with Crippen LogP contribution >= 0.6 is 24.0 Å². The Kier molecular flexibility index (Phi) is 11.8. The summed E-state index contributed by atoms with van der Waals surface area (Å²) < 4.78 is 21.5. The lowest BCUT2D eigenvalue weighted by molar-refractivity contribution is 0.352. The van der Waals surface area contributed by atoms with Crippen molar-refractivity contribution in [2.75, 3.05) is 41.5 Å². The molecule has 0 radical (unpaired) electrons. The monoisotopic (exact) mass is 529 g/mol. The molecule has 2 aromatic rings. The molecule has 2 N–H and O–H groups in total. The maximum Gasteiger partial charge on any atom is 0.191 e. The molecular formula is C22H32IN3O4. The van der Waals surface area contributed by atoms with Crippen molar-refractivity contribution in [3.63, 3.8) is 0 Å². The van der Waals surface area contributed by atoms with E-state index in [1.165, 1.54) is 0 Å². The number of rotatable bonds is 10. The van der Waals surface area contributed by atoms with E-state index in [1.54, 1.807) is 28.4 Å². The maximum atomic E-state index is 5.48. The lowest BCUT2D eigenvalue weighted by atomic mass is 10.1. The molecule has 0 aliphatic carbocycles. The Balaban J connectivity index is 0.00000450. The molecule has 166 valence electrons. The smallest absolute Gasteiger partial charge is 0.191 e. The van der Waals surface area contributed by atoms with Gasteiger partial charge in [-0.2, -0.15) is 0 Å². The molecule has 7 nitrogen and oxygen atoms in total. The van der Waals surface area contributed by atoms with Crippen LogP contribution in [0.15, 0.2) is 41.4 Å². The zero-order valence-corrected chi connectivity index (χ0v) is 20.6. The molecule has 0 saturated carbocycles. The standard InChI is InChI=1S/C22H31N3O4.HI/c1-6-23-22(25-15-17-8-7-9-19(27-3)21(17)29-5)24-13-12-16-10-11-18(26-2)20(14-16)28-4;/h7-11,14H,6,12-13,15H2,1-5H3,(H2,23,24,25);1H. The van der Waals surface area contributed by atoms with Gasteiger partial charge in [-0.1, -0.05) is 18.2 Å². The highest BCUT2D eigenvalue weighted by Crippen LogP contribution is 2.31. The second-order valence-corrected chi connectivity index (χ2v) is 6.21. The summed E-state index contributed by atoms with van der Waals surface area (Å²) in [6, 6.07) is 11.7. The number of benzene rings is 2. The predicted molar refractivity (Wildman–Crippen MR) is 131 cm³/mol. The molecule has 30 heavy (non-hydrogen) atoms. The summed E-state index contributed by atoms with van der Waals surface area (Å²) in [5, 5.41) is 6.63. The van der Waals surface area contributed by atoms with Crippen LogP contribution in [0.2, 0.25) is 0 Å². The van der Waals surface area contributed by atoms with Gasteiger partial charge in [0.2, 0.25) is 0 Å². The Bertz CT molecular complexity index is 815. The van der Waals surface area contributed by atoms with Crippen molar-refractivity contribution in [3.8, 4) is 23.0 Å². The molecule has 0 spiro atoms. The Morgan fingerprint density at radius 3 is 2.23 bits per heavy atom. The zero-order chi connectivity index (χ0) is 21.1. The first kappa shape index (κ1) is 25.7. The number of nitrogens with zero attached hydrogens (tertiary/aromatic N) is 1. The summed E-state index contributed by atoms with van der Waals surface area (Å²) in [5.74, 6) is 3.62. The van der Waals surface area contributed by atoms with Gasteiger partial charge >= 0.3 is 0 Å². The van der Waals surface area contributed by atoms with E-state index in [-0.39, 0.29) is 24.0 Å². The molecule has 0 aliphatic heterocycles. The third-order valence-corrected chi connectivity index (χ3v) is 4.39. The number of guanidine groups is 1. The second kappa shape index (κ2) is 13.8. The van der Waals surface area contributed by atoms with Crippen LogP contribution in [-0.4, -0.2) is 47.5 Å². The second-order valence-electron chi connectivity index (χ2n) is 6.21. The first-order valence-corrected chi connectivity index (χ1v) is 9.59. The molecule has 0 amide bonds. The van der Waals surface area contributed by atoms with E-state index in [2.05, 4.69) is 15.6 Å². The molecule has 0 heterocycles. The number of ether oxygens (including phenoxy) is 4. The van der Waals surface area contributed by atoms with E-state index in [1.807, 2.05) is 43.3 Å². The maximum absolute atomic E-state index is 5.48. The zero-order valence-electron chi connectivity index (χ0n) is 18.3. The molecule has 2 aromatic carbocycles. The van der Waals surface area contributed by atoms with Crippen molar-refractivity contribution in [1.82, 2.24) is 10.6 Å². The minimum atomic E-state index is 0. The van der Waals surface area contributed by atoms with Crippen LogP contribution in [0.5, 0.6) is 23.0 Å². The quantitative estimate of drug-likeness (QED) is 0.278. The fraction of sp³-hybridized carbons (Fsp3) is 0.409. The summed E-state index contributed by atoms with van der Waals surface area (Å²) in [6.07, 6.45) is 0.827. The molecule has 8 heteroatoms. The van der Waals surface area contributed by atoms with Gasteiger partial charge in [0, 0.05) is 18.7 Å². The third kappa shape index (κ3) is 7.16. The van der Waals surface area contributed by atoms with Crippen molar-refractivity contribution in [3.05, 3.63) is 47.5 Å². The molecule has 0 atom stereocenters. The van der Waals surface area contributed by atoms with Gasteiger partial charge in [-0.3, -0.25) is 0 Å². The molecule has 0 saturated heterocycles. The van der Waals surface area contributed by atoms with Crippen LogP contribution < -0.4 is 29.6 Å². The van der Waals surface area contributed by atoms with Crippen LogP contribution in [0.1, 0.15) is 18.1 Å². The van der Waals surface area contributed by atoms with Gasteiger partial charge in [-0.05, 0) is 37.1 Å². The van der Waals surface area contributed by atoms with Crippen molar-refractivity contribution in [2.45, 2.75) is 19.9 Å². The van der Waals surface area contributed by atoms with Gasteiger partial charge in [-0.15, -0.1) is 24.0 Å². The van der Waals surface area contributed by atoms with Crippen LogP contribution in [-0.2, 0) is 13.0 Å². The average Bonchev–Trinajstić information content (AvgIpc) is 2.76. The molecule has 0 aliphatic rings. The van der Waals surface area contributed by atoms with Gasteiger partial charge < -0.3 is 29.6 Å². The number of aliphatic imine (C=N–C) groups is 1. The Morgan fingerprint density at radius 2 is 1.60 bits per heavy atom. The summed E-state index contributed by atoms with van der Waals surface area (Å²) in [6.45, 7) is 4.03. The minimum absolute atomic E-state index is 0. The third-order valence-electron chi connectivity index (χ3n) is 4.39. The van der Waals surface area contributed by atoms with E-state index in [0.29, 0.717) is 18.0 Å². The fourth-order valence-electron chi connectivity index (χ4n) is 2.95. The lowest BCUT2D eigenvalue weighted by Gasteiger charge is -2.14. The van der Waals surface area contributed by atoms with Crippen LogP contribution in [0.25, 0.3) is 0 Å². The number of para-hydroxylation sites is 1. The van der Waals surface area contributed by atoms with E-state index in [9.17, 15) is 0 Å². The normalized spacial score (nSPS) is 10.6. The number of hydrogen-bond donors (Lipinski definition) is 2. The summed E-state index contributed by atoms with van der Waals surface area (Å²) in [7, 11) is 6.54. The van der Waals surface area contributed by atoms with Gasteiger partial charge in [0.15, 0.2) is 29.0 Å². The Labute approximate surface area is 196 Å². The van der Waals surface area contributed by atoms with Crippen molar-refractivity contribution in [2.24, 2.45) is 4.99 Å². The first-order chi connectivity index (χ1) is 14.2. The van der Waals surface area contributed by atoms with Gasteiger partial charge in [0.1, 0.15) is 0 Å². The minimum Gasteiger partial charge on any atom is -0.493 e. The molecule has 2 rings (SSSR count). The largest absolute Gasteiger partial charge is 0.493 e. The number of methoxy groups -OCH3 is 4. The number of hydrogen-bond acceptors (Lipinski definition) is 5. The fourth-order valence-corrected chi connectivity index (χ4v) is 2.95. The van der Waals surface area contributed by atoms with Gasteiger partial charge in [-0.25, -0.2) is 4.99 Å². The first-order valence-electron chi connectivity index (χ1n) is 9.59. The number of halogens is 1. The molecule has 0 bridgehead atoms. The summed E-state index contributed by atoms with van der Waals surface area (Å²) in [5.41, 5.74) is 2.12. The lowest BCUT2D eigenvalue weighted by Crippen LogP contribution is -2.38. The molecule has 0 unspecified atom stereocenters. The SMILES string of the molecule is CCNC(=NCc1cccc(OC)c1OC)NCCc1ccc(OC)c(OC)c1.I. The summed E-state index contributed by atoms with van der Waals surface area (Å²) >= 11 is 0. The topological polar surface area (TPSA) is 73.3 Å². The van der Waals surface area contributed by atoms with Crippen LogP contribution in [0, 0.1) is 0 Å². The predicted octanol–water partition coefficient (Wildman–Crippen LogP) is 3.64. The number of nitrogens with one attached hydrogen (secondary N) is 2. The molecule has 0 fully saturated rings. The average molecular weight is 529 g/mol. The van der Waals surface area contributed by atoms with E-state index in [4.69, 9.17) is 18.9 Å². The van der Waals surface area contributed by atoms with E-state index < -0.39 is 0 Å². The van der Waals surface area contributed by atoms with Crippen LogP contribution in [0.4, 0.5) is 0 Å². The summed E-state index contributed by atoms with van der Waals surface area (Å²) in [4.78, 5) is 4.67. The molecular weight excluding hydrogens is 497 g/mol.